The highest BCUT2D eigenvalue weighted by Gasteiger charge is 2.30. The van der Waals surface area contributed by atoms with Crippen LogP contribution in [0.25, 0.3) is 0 Å². The predicted octanol–water partition coefficient (Wildman–Crippen LogP) is 1.06. The van der Waals surface area contributed by atoms with Gasteiger partial charge in [-0.25, -0.2) is 9.78 Å². The third-order valence-electron chi connectivity index (χ3n) is 3.03. The summed E-state index contributed by atoms with van der Waals surface area (Å²) in [7, 11) is 0. The summed E-state index contributed by atoms with van der Waals surface area (Å²) >= 11 is 0. The van der Waals surface area contributed by atoms with Crippen LogP contribution in [-0.2, 0) is 16.1 Å². The molecule has 19 heavy (non-hydrogen) atoms. The molecule has 0 aromatic carbocycles. The summed E-state index contributed by atoms with van der Waals surface area (Å²) in [6, 6.07) is 2.92. The van der Waals surface area contributed by atoms with E-state index in [9.17, 15) is 14.4 Å². The molecule has 1 N–H and O–H groups in total. The molecule has 0 spiro atoms. The summed E-state index contributed by atoms with van der Waals surface area (Å²) in [4.78, 5) is 39.2. The van der Waals surface area contributed by atoms with Crippen LogP contribution in [0.3, 0.4) is 0 Å². The number of imide groups is 1. The number of carboxylic acid groups (broad SMARTS) is 1. The van der Waals surface area contributed by atoms with Gasteiger partial charge in [0.05, 0.1) is 6.54 Å². The van der Waals surface area contributed by atoms with Gasteiger partial charge in [-0.2, -0.15) is 0 Å². The minimum absolute atomic E-state index is 0.0614. The lowest BCUT2D eigenvalue weighted by Crippen LogP contribution is -2.42. The Balaban J connectivity index is 2.10. The van der Waals surface area contributed by atoms with Crippen molar-refractivity contribution >= 4 is 17.8 Å². The van der Waals surface area contributed by atoms with Crippen molar-refractivity contribution in [3.63, 3.8) is 0 Å². The van der Waals surface area contributed by atoms with Gasteiger partial charge in [0.1, 0.15) is 5.69 Å². The second kappa shape index (κ2) is 5.17. The molecule has 0 radical (unpaired) electrons. The molecule has 1 aromatic rings. The number of amides is 2. The van der Waals surface area contributed by atoms with E-state index in [1.807, 2.05) is 6.92 Å². The van der Waals surface area contributed by atoms with Crippen LogP contribution in [0.2, 0.25) is 0 Å². The minimum Gasteiger partial charge on any atom is -0.477 e. The molecule has 6 heteroatoms. The Bertz CT molecular complexity index is 506. The molecule has 2 heterocycles. The number of hydrogen-bond donors (Lipinski definition) is 1. The van der Waals surface area contributed by atoms with Crippen molar-refractivity contribution in [3.05, 3.63) is 29.6 Å². The maximum atomic E-state index is 11.8. The molecule has 0 aliphatic carbocycles. The van der Waals surface area contributed by atoms with E-state index in [-0.39, 0.29) is 30.0 Å². The van der Waals surface area contributed by atoms with E-state index in [1.165, 1.54) is 17.2 Å². The molecule has 0 bridgehead atoms. The number of rotatable bonds is 3. The molecule has 0 saturated carbocycles. The highest BCUT2D eigenvalue weighted by Crippen LogP contribution is 2.20. The zero-order chi connectivity index (χ0) is 14.0. The second-order valence-corrected chi connectivity index (χ2v) is 4.74. The fraction of sp³-hybridized carbons (Fsp3) is 0.385. The molecule has 0 unspecified atom stereocenters. The number of likely N-dealkylation sites (tertiary alicyclic amines) is 1. The number of piperidine rings is 1. The van der Waals surface area contributed by atoms with E-state index in [0.717, 1.165) is 0 Å². The number of carboxylic acids is 1. The van der Waals surface area contributed by atoms with Crippen molar-refractivity contribution in [2.24, 2.45) is 5.92 Å². The average Bonchev–Trinajstić information content (AvgIpc) is 2.34. The maximum absolute atomic E-state index is 11.8. The molecule has 1 saturated heterocycles. The molecule has 1 aliphatic heterocycles. The number of hydrogen-bond acceptors (Lipinski definition) is 4. The molecule has 0 atom stereocenters. The number of pyridine rings is 1. The minimum atomic E-state index is -1.11. The molecular formula is C13H14N2O4. The first-order valence-corrected chi connectivity index (χ1v) is 5.99. The smallest absolute Gasteiger partial charge is 0.354 e. The standard InChI is InChI=1S/C13H14N2O4/c1-8-4-11(16)15(12(17)5-8)7-9-2-3-10(13(18)19)14-6-9/h2-3,6,8H,4-5,7H2,1H3,(H,18,19). The first-order chi connectivity index (χ1) is 8.97. The van der Waals surface area contributed by atoms with Gasteiger partial charge in [-0.3, -0.25) is 14.5 Å². The quantitative estimate of drug-likeness (QED) is 0.823. The maximum Gasteiger partial charge on any atom is 0.354 e. The van der Waals surface area contributed by atoms with E-state index in [2.05, 4.69) is 4.98 Å². The van der Waals surface area contributed by atoms with Crippen molar-refractivity contribution in [2.75, 3.05) is 0 Å². The van der Waals surface area contributed by atoms with E-state index in [1.54, 1.807) is 6.07 Å². The van der Waals surface area contributed by atoms with Gasteiger partial charge in [-0.1, -0.05) is 13.0 Å². The van der Waals surface area contributed by atoms with E-state index < -0.39 is 5.97 Å². The van der Waals surface area contributed by atoms with Gasteiger partial charge < -0.3 is 5.11 Å². The van der Waals surface area contributed by atoms with Gasteiger partial charge in [0, 0.05) is 19.0 Å². The molecule has 2 amide bonds. The van der Waals surface area contributed by atoms with Crippen molar-refractivity contribution < 1.29 is 19.5 Å². The van der Waals surface area contributed by atoms with Crippen molar-refractivity contribution in [3.8, 4) is 0 Å². The zero-order valence-electron chi connectivity index (χ0n) is 10.5. The Hall–Kier alpha value is -2.24. The Morgan fingerprint density at radius 2 is 2.00 bits per heavy atom. The Kier molecular flexibility index (Phi) is 3.59. The van der Waals surface area contributed by atoms with Crippen molar-refractivity contribution in [2.45, 2.75) is 26.3 Å². The van der Waals surface area contributed by atoms with Gasteiger partial charge in [0.25, 0.3) is 0 Å². The Labute approximate surface area is 110 Å². The molecule has 1 aliphatic rings. The van der Waals surface area contributed by atoms with Crippen molar-refractivity contribution in [1.29, 1.82) is 0 Å². The highest BCUT2D eigenvalue weighted by atomic mass is 16.4. The van der Waals surface area contributed by atoms with Crippen LogP contribution >= 0.6 is 0 Å². The van der Waals surface area contributed by atoms with Gasteiger partial charge in [-0.15, -0.1) is 0 Å². The summed E-state index contributed by atoms with van der Waals surface area (Å²) in [5, 5.41) is 8.73. The SMILES string of the molecule is CC1CC(=O)N(Cc2ccc(C(=O)O)nc2)C(=O)C1. The summed E-state index contributed by atoms with van der Waals surface area (Å²) in [6.07, 6.45) is 2.11. The molecule has 1 fully saturated rings. The lowest BCUT2D eigenvalue weighted by molar-refractivity contribution is -0.150. The summed E-state index contributed by atoms with van der Waals surface area (Å²) < 4.78 is 0. The fourth-order valence-electron chi connectivity index (χ4n) is 2.03. The van der Waals surface area contributed by atoms with E-state index in [0.29, 0.717) is 18.4 Å². The van der Waals surface area contributed by atoms with Crippen LogP contribution in [0.15, 0.2) is 18.3 Å². The van der Waals surface area contributed by atoms with Crippen LogP contribution in [0.1, 0.15) is 35.8 Å². The summed E-state index contributed by atoms with van der Waals surface area (Å²) in [5.74, 6) is -1.40. The number of aromatic carboxylic acids is 1. The molecular weight excluding hydrogens is 248 g/mol. The zero-order valence-corrected chi connectivity index (χ0v) is 10.5. The summed E-state index contributed by atoms with van der Waals surface area (Å²) in [6.45, 7) is 2.02. The largest absolute Gasteiger partial charge is 0.477 e. The Morgan fingerprint density at radius 1 is 1.37 bits per heavy atom. The van der Waals surface area contributed by atoms with Gasteiger partial charge >= 0.3 is 5.97 Å². The van der Waals surface area contributed by atoms with Crippen LogP contribution in [0, 0.1) is 5.92 Å². The fourth-order valence-corrected chi connectivity index (χ4v) is 2.03. The first kappa shape index (κ1) is 13.2. The van der Waals surface area contributed by atoms with E-state index in [4.69, 9.17) is 5.11 Å². The Morgan fingerprint density at radius 3 is 2.47 bits per heavy atom. The second-order valence-electron chi connectivity index (χ2n) is 4.74. The van der Waals surface area contributed by atoms with Crippen LogP contribution < -0.4 is 0 Å². The lowest BCUT2D eigenvalue weighted by Gasteiger charge is -2.28. The highest BCUT2D eigenvalue weighted by molar-refractivity contribution is 5.97. The summed E-state index contributed by atoms with van der Waals surface area (Å²) in [5.41, 5.74) is 0.579. The van der Waals surface area contributed by atoms with Crippen LogP contribution in [0.5, 0.6) is 0 Å². The number of carbonyl (C=O) groups excluding carboxylic acids is 2. The van der Waals surface area contributed by atoms with E-state index >= 15 is 0 Å². The van der Waals surface area contributed by atoms with Gasteiger partial charge in [-0.05, 0) is 17.5 Å². The first-order valence-electron chi connectivity index (χ1n) is 5.99. The third kappa shape index (κ3) is 2.96. The van der Waals surface area contributed by atoms with Crippen molar-refractivity contribution in [1.82, 2.24) is 9.88 Å². The molecule has 6 nitrogen and oxygen atoms in total. The molecule has 100 valence electrons. The molecule has 1 aromatic heterocycles. The van der Waals surface area contributed by atoms with Gasteiger partial charge in [0.2, 0.25) is 11.8 Å². The third-order valence-corrected chi connectivity index (χ3v) is 3.03. The van der Waals surface area contributed by atoms with Gasteiger partial charge in [0.15, 0.2) is 0 Å². The lowest BCUT2D eigenvalue weighted by atomic mass is 9.97. The number of nitrogens with zero attached hydrogens (tertiary/aromatic N) is 2. The number of carbonyl (C=O) groups is 3. The average molecular weight is 262 g/mol. The number of aromatic nitrogens is 1. The molecule has 2 rings (SSSR count). The topological polar surface area (TPSA) is 87.6 Å². The van der Waals surface area contributed by atoms with Crippen LogP contribution in [0.4, 0.5) is 0 Å². The normalized spacial score (nSPS) is 16.8. The van der Waals surface area contributed by atoms with Crippen LogP contribution in [-0.4, -0.2) is 32.8 Å². The predicted molar refractivity (Wildman–Crippen MR) is 65.2 cm³/mol. The monoisotopic (exact) mass is 262 g/mol.